The molecule has 0 bridgehead atoms. The lowest BCUT2D eigenvalue weighted by Gasteiger charge is -2.29. The molecule has 0 aromatic rings. The first kappa shape index (κ1) is 10.6. The number of hydrogen-bond donors (Lipinski definition) is 0. The summed E-state index contributed by atoms with van der Waals surface area (Å²) in [6.07, 6.45) is 5.45. The lowest BCUT2D eigenvalue weighted by Crippen LogP contribution is -2.37. The fourth-order valence-corrected chi connectivity index (χ4v) is 1.58. The number of amides is 1. The normalized spacial score (nSPS) is 18.8. The van der Waals surface area contributed by atoms with Crippen LogP contribution in [0, 0.1) is 11.8 Å². The maximum Gasteiger partial charge on any atom is 0.227 e. The minimum atomic E-state index is 0.00846. The van der Waals surface area contributed by atoms with Gasteiger partial charge in [-0.05, 0) is 24.7 Å². The molecule has 0 unspecified atom stereocenters. The van der Waals surface area contributed by atoms with Crippen LogP contribution in [0.2, 0.25) is 0 Å². The molecular formula is C11H20NO. The average molecular weight is 182 g/mol. The number of carbonyl (C=O) groups is 1. The first-order valence-corrected chi connectivity index (χ1v) is 5.14. The summed E-state index contributed by atoms with van der Waals surface area (Å²) < 4.78 is 0. The molecule has 1 heterocycles. The van der Waals surface area contributed by atoms with E-state index in [-0.39, 0.29) is 11.3 Å². The maximum atomic E-state index is 11.7. The molecule has 1 radical (unpaired) electrons. The van der Waals surface area contributed by atoms with Crippen molar-refractivity contribution >= 4 is 5.91 Å². The Morgan fingerprint density at radius 3 is 2.15 bits per heavy atom. The third-order valence-corrected chi connectivity index (χ3v) is 2.22. The summed E-state index contributed by atoms with van der Waals surface area (Å²) in [5.41, 5.74) is 0.00846. The second kappa shape index (κ2) is 4.12. The van der Waals surface area contributed by atoms with Gasteiger partial charge in [0.15, 0.2) is 0 Å². The van der Waals surface area contributed by atoms with Crippen LogP contribution in [0.5, 0.6) is 0 Å². The molecule has 1 saturated heterocycles. The quantitative estimate of drug-likeness (QED) is 0.609. The van der Waals surface area contributed by atoms with Crippen LogP contribution in [0.3, 0.4) is 0 Å². The SMILES string of the molecule is CC(C)(C)[CH]C(=O)N1CCCCC1. The third-order valence-electron chi connectivity index (χ3n) is 2.22. The van der Waals surface area contributed by atoms with Crippen LogP contribution >= 0.6 is 0 Å². The monoisotopic (exact) mass is 182 g/mol. The second-order valence-electron chi connectivity index (χ2n) is 4.90. The predicted molar refractivity (Wildman–Crippen MR) is 54.2 cm³/mol. The summed E-state index contributed by atoms with van der Waals surface area (Å²) in [5, 5.41) is 0. The van der Waals surface area contributed by atoms with Gasteiger partial charge in [-0.15, -0.1) is 0 Å². The van der Waals surface area contributed by atoms with E-state index in [9.17, 15) is 4.79 Å². The number of likely N-dealkylation sites (tertiary alicyclic amines) is 1. The molecule has 0 N–H and O–H groups in total. The lowest BCUT2D eigenvalue weighted by molar-refractivity contribution is -0.129. The molecule has 0 aromatic heterocycles. The topological polar surface area (TPSA) is 20.3 Å². The third kappa shape index (κ3) is 3.79. The minimum Gasteiger partial charge on any atom is -0.342 e. The van der Waals surface area contributed by atoms with Crippen molar-refractivity contribution in [3.05, 3.63) is 6.42 Å². The molecular weight excluding hydrogens is 162 g/mol. The Kier molecular flexibility index (Phi) is 3.34. The Bertz CT molecular complexity index is 175. The van der Waals surface area contributed by atoms with Gasteiger partial charge in [0, 0.05) is 13.1 Å². The van der Waals surface area contributed by atoms with Gasteiger partial charge in [-0.25, -0.2) is 0 Å². The van der Waals surface area contributed by atoms with Crippen molar-refractivity contribution < 1.29 is 4.79 Å². The van der Waals surface area contributed by atoms with E-state index in [0.29, 0.717) is 0 Å². The Morgan fingerprint density at radius 2 is 1.69 bits per heavy atom. The van der Waals surface area contributed by atoms with E-state index in [0.717, 1.165) is 13.1 Å². The molecule has 0 saturated carbocycles. The van der Waals surface area contributed by atoms with Crippen LogP contribution in [0.15, 0.2) is 0 Å². The van der Waals surface area contributed by atoms with E-state index < -0.39 is 0 Å². The highest BCUT2D eigenvalue weighted by molar-refractivity contribution is 5.85. The van der Waals surface area contributed by atoms with Crippen LogP contribution < -0.4 is 0 Å². The fraction of sp³-hybridized carbons (Fsp3) is 0.818. The molecule has 1 aliphatic heterocycles. The van der Waals surface area contributed by atoms with E-state index in [1.807, 2.05) is 11.3 Å². The van der Waals surface area contributed by atoms with E-state index in [4.69, 9.17) is 0 Å². The Morgan fingerprint density at radius 1 is 1.15 bits per heavy atom. The molecule has 0 spiro atoms. The van der Waals surface area contributed by atoms with Crippen molar-refractivity contribution in [1.82, 2.24) is 4.90 Å². The van der Waals surface area contributed by atoms with Crippen LogP contribution in [-0.2, 0) is 4.79 Å². The summed E-state index contributed by atoms with van der Waals surface area (Å²) in [6, 6.07) is 0. The molecule has 13 heavy (non-hydrogen) atoms. The van der Waals surface area contributed by atoms with Crippen molar-refractivity contribution in [2.45, 2.75) is 40.0 Å². The van der Waals surface area contributed by atoms with Crippen LogP contribution in [0.1, 0.15) is 40.0 Å². The van der Waals surface area contributed by atoms with Gasteiger partial charge in [0.2, 0.25) is 5.91 Å². The Hall–Kier alpha value is -0.530. The molecule has 1 rings (SSSR count). The van der Waals surface area contributed by atoms with Gasteiger partial charge in [-0.3, -0.25) is 4.79 Å². The van der Waals surface area contributed by atoms with Gasteiger partial charge in [-0.2, -0.15) is 0 Å². The Balaban J connectivity index is 2.38. The van der Waals surface area contributed by atoms with Crippen LogP contribution in [0.4, 0.5) is 0 Å². The molecule has 2 heteroatoms. The van der Waals surface area contributed by atoms with E-state index >= 15 is 0 Å². The number of nitrogens with zero attached hydrogens (tertiary/aromatic N) is 1. The predicted octanol–water partition coefficient (Wildman–Crippen LogP) is 2.25. The maximum absolute atomic E-state index is 11.7. The van der Waals surface area contributed by atoms with Gasteiger partial charge in [-0.1, -0.05) is 20.8 Å². The van der Waals surface area contributed by atoms with Gasteiger partial charge in [0.1, 0.15) is 0 Å². The van der Waals surface area contributed by atoms with Crippen molar-refractivity contribution in [3.63, 3.8) is 0 Å². The van der Waals surface area contributed by atoms with Crippen molar-refractivity contribution in [2.75, 3.05) is 13.1 Å². The first-order chi connectivity index (χ1) is 5.99. The van der Waals surface area contributed by atoms with Crippen molar-refractivity contribution in [2.24, 2.45) is 5.41 Å². The molecule has 1 amide bonds. The summed E-state index contributed by atoms with van der Waals surface area (Å²) >= 11 is 0. The zero-order valence-corrected chi connectivity index (χ0v) is 8.97. The van der Waals surface area contributed by atoms with Crippen molar-refractivity contribution in [1.29, 1.82) is 0 Å². The first-order valence-electron chi connectivity index (χ1n) is 5.14. The fourth-order valence-electron chi connectivity index (χ4n) is 1.58. The molecule has 0 atom stereocenters. The summed E-state index contributed by atoms with van der Waals surface area (Å²) in [5.74, 6) is 0.215. The van der Waals surface area contributed by atoms with Gasteiger partial charge >= 0.3 is 0 Å². The van der Waals surface area contributed by atoms with E-state index in [1.165, 1.54) is 19.3 Å². The Labute approximate surface area is 81.3 Å². The number of piperidine rings is 1. The summed E-state index contributed by atoms with van der Waals surface area (Å²) in [6.45, 7) is 8.09. The van der Waals surface area contributed by atoms with E-state index in [1.54, 1.807) is 0 Å². The second-order valence-corrected chi connectivity index (χ2v) is 4.90. The standard InChI is InChI=1S/C11H20NO/c1-11(2,3)9-10(13)12-7-5-4-6-8-12/h9H,4-8H2,1-3H3. The number of rotatable bonds is 1. The minimum absolute atomic E-state index is 0.00846. The van der Waals surface area contributed by atoms with E-state index in [2.05, 4.69) is 20.8 Å². The zero-order chi connectivity index (χ0) is 9.90. The van der Waals surface area contributed by atoms with Crippen LogP contribution in [-0.4, -0.2) is 23.9 Å². The van der Waals surface area contributed by atoms with Crippen molar-refractivity contribution in [3.8, 4) is 0 Å². The molecule has 0 aliphatic carbocycles. The molecule has 1 aliphatic rings. The zero-order valence-electron chi connectivity index (χ0n) is 8.97. The van der Waals surface area contributed by atoms with Gasteiger partial charge in [0.25, 0.3) is 0 Å². The van der Waals surface area contributed by atoms with Gasteiger partial charge in [0.05, 0.1) is 6.42 Å². The number of hydrogen-bond acceptors (Lipinski definition) is 1. The number of carbonyl (C=O) groups excluding carboxylic acids is 1. The molecule has 2 nitrogen and oxygen atoms in total. The van der Waals surface area contributed by atoms with Crippen LogP contribution in [0.25, 0.3) is 0 Å². The molecule has 0 aromatic carbocycles. The summed E-state index contributed by atoms with van der Waals surface area (Å²) in [4.78, 5) is 13.7. The summed E-state index contributed by atoms with van der Waals surface area (Å²) in [7, 11) is 0. The average Bonchev–Trinajstić information content (AvgIpc) is 2.03. The largest absolute Gasteiger partial charge is 0.342 e. The molecule has 1 fully saturated rings. The highest BCUT2D eigenvalue weighted by Gasteiger charge is 2.22. The smallest absolute Gasteiger partial charge is 0.227 e. The lowest BCUT2D eigenvalue weighted by atomic mass is 9.91. The highest BCUT2D eigenvalue weighted by atomic mass is 16.2. The highest BCUT2D eigenvalue weighted by Crippen LogP contribution is 2.20. The van der Waals surface area contributed by atoms with Gasteiger partial charge < -0.3 is 4.90 Å². The molecule has 75 valence electrons.